The average molecular weight is 593 g/mol. The number of nitrogens with zero attached hydrogens (tertiary/aromatic N) is 4. The van der Waals surface area contributed by atoms with Gasteiger partial charge in [0, 0.05) is 23.0 Å². The molecule has 1 amide bonds. The van der Waals surface area contributed by atoms with Crippen molar-refractivity contribution in [1.29, 1.82) is 0 Å². The molecule has 0 spiro atoms. The van der Waals surface area contributed by atoms with Crippen molar-refractivity contribution in [3.8, 4) is 11.4 Å². The number of anilines is 2. The number of hydrogen-bond donors (Lipinski definition) is 2. The molecule has 2 heterocycles. The number of benzene rings is 3. The highest BCUT2D eigenvalue weighted by Gasteiger charge is 2.18. The lowest BCUT2D eigenvalue weighted by Gasteiger charge is -2.12. The zero-order valence-electron chi connectivity index (χ0n) is 21.2. The van der Waals surface area contributed by atoms with Crippen LogP contribution in [-0.4, -0.2) is 39.8 Å². The van der Waals surface area contributed by atoms with Crippen LogP contribution in [0.4, 0.5) is 10.8 Å². The number of rotatable bonds is 11. The first kappa shape index (κ1) is 27.4. The Morgan fingerprint density at radius 2 is 1.75 bits per heavy atom. The fourth-order valence-corrected chi connectivity index (χ4v) is 6.16. The van der Waals surface area contributed by atoms with Gasteiger partial charge >= 0.3 is 0 Å². The smallest absolute Gasteiger partial charge is 0.263 e. The minimum Gasteiger partial charge on any atom is -0.486 e. The van der Waals surface area contributed by atoms with Crippen molar-refractivity contribution in [2.24, 2.45) is 0 Å². The standard InChI is InChI=1S/C27H24N6O4S3/c1-19-7-11-21(12-8-19)33-24(17-37-22-5-3-2-4-6-22)30-31-27(33)39-18-25(34)29-20-9-13-23(14-10-20)40(35,36)32-26-28-15-16-38-26/h2-16H,17-18H2,1H3,(H,28,32)(H,29,34). The Hall–Kier alpha value is -4.20. The monoisotopic (exact) mass is 592 g/mol. The van der Waals surface area contributed by atoms with E-state index in [2.05, 4.69) is 25.2 Å². The minimum atomic E-state index is -3.78. The molecule has 2 aromatic heterocycles. The van der Waals surface area contributed by atoms with Crippen LogP contribution in [0.2, 0.25) is 0 Å². The van der Waals surface area contributed by atoms with Crippen molar-refractivity contribution in [3.63, 3.8) is 0 Å². The lowest BCUT2D eigenvalue weighted by atomic mass is 10.2. The zero-order valence-corrected chi connectivity index (χ0v) is 23.7. The summed E-state index contributed by atoms with van der Waals surface area (Å²) in [5.74, 6) is 1.10. The Kier molecular flexibility index (Phi) is 8.43. The van der Waals surface area contributed by atoms with E-state index in [-0.39, 0.29) is 28.3 Å². The summed E-state index contributed by atoms with van der Waals surface area (Å²) in [5.41, 5.74) is 2.44. The minimum absolute atomic E-state index is 0.0616. The highest BCUT2D eigenvalue weighted by atomic mass is 32.2. The molecule has 0 unspecified atom stereocenters. The van der Waals surface area contributed by atoms with Gasteiger partial charge in [0.25, 0.3) is 10.0 Å². The van der Waals surface area contributed by atoms with E-state index < -0.39 is 10.0 Å². The van der Waals surface area contributed by atoms with E-state index in [1.807, 2.05) is 66.1 Å². The van der Waals surface area contributed by atoms with E-state index >= 15 is 0 Å². The maximum absolute atomic E-state index is 12.7. The van der Waals surface area contributed by atoms with Gasteiger partial charge in [-0.3, -0.25) is 14.1 Å². The molecule has 0 bridgehead atoms. The number of thioether (sulfide) groups is 1. The van der Waals surface area contributed by atoms with Gasteiger partial charge in [-0.15, -0.1) is 21.5 Å². The van der Waals surface area contributed by atoms with Crippen molar-refractivity contribution in [1.82, 2.24) is 19.7 Å². The maximum atomic E-state index is 12.7. The van der Waals surface area contributed by atoms with E-state index in [4.69, 9.17) is 4.74 Å². The van der Waals surface area contributed by atoms with Crippen LogP contribution in [0.15, 0.2) is 100 Å². The Morgan fingerprint density at radius 3 is 2.45 bits per heavy atom. The second-order valence-corrected chi connectivity index (χ2v) is 12.0. The molecule has 0 saturated carbocycles. The van der Waals surface area contributed by atoms with Crippen molar-refractivity contribution < 1.29 is 17.9 Å². The largest absolute Gasteiger partial charge is 0.486 e. The number of ether oxygens (including phenoxy) is 1. The number of aromatic nitrogens is 4. The fraction of sp³-hybridized carbons (Fsp3) is 0.111. The summed E-state index contributed by atoms with van der Waals surface area (Å²) < 4.78 is 35.2. The molecule has 13 heteroatoms. The van der Waals surface area contributed by atoms with Crippen LogP contribution < -0.4 is 14.8 Å². The number of sulfonamides is 1. The number of hydrogen-bond acceptors (Lipinski definition) is 9. The van der Waals surface area contributed by atoms with Crippen LogP contribution in [0, 0.1) is 6.92 Å². The number of carbonyl (C=O) groups is 1. The van der Waals surface area contributed by atoms with Crippen LogP contribution in [0.3, 0.4) is 0 Å². The molecule has 40 heavy (non-hydrogen) atoms. The van der Waals surface area contributed by atoms with Crippen LogP contribution in [0.25, 0.3) is 5.69 Å². The van der Waals surface area contributed by atoms with Gasteiger partial charge in [-0.2, -0.15) is 0 Å². The van der Waals surface area contributed by atoms with Crippen molar-refractivity contribution in [2.75, 3.05) is 15.8 Å². The first-order chi connectivity index (χ1) is 19.4. The Bertz CT molecular complexity index is 1670. The Balaban J connectivity index is 1.25. The van der Waals surface area contributed by atoms with E-state index in [1.54, 1.807) is 5.38 Å². The second-order valence-electron chi connectivity index (χ2n) is 8.48. The third-order valence-corrected chi connectivity index (χ3v) is 8.64. The summed E-state index contributed by atoms with van der Waals surface area (Å²) in [5, 5.41) is 13.9. The molecule has 5 aromatic rings. The topological polar surface area (TPSA) is 128 Å². The first-order valence-corrected chi connectivity index (χ1v) is 15.4. The van der Waals surface area contributed by atoms with Gasteiger partial charge in [0.05, 0.1) is 10.6 Å². The molecule has 204 valence electrons. The number of para-hydroxylation sites is 1. The van der Waals surface area contributed by atoms with Crippen molar-refractivity contribution >= 4 is 49.8 Å². The zero-order chi connectivity index (χ0) is 28.0. The number of aryl methyl sites for hydroxylation is 1. The summed E-state index contributed by atoms with van der Waals surface area (Å²) >= 11 is 2.42. The van der Waals surface area contributed by atoms with E-state index in [9.17, 15) is 13.2 Å². The van der Waals surface area contributed by atoms with Crippen LogP contribution in [0.1, 0.15) is 11.4 Å². The molecule has 0 saturated heterocycles. The molecule has 0 radical (unpaired) electrons. The lowest BCUT2D eigenvalue weighted by Crippen LogP contribution is -2.15. The summed E-state index contributed by atoms with van der Waals surface area (Å²) in [4.78, 5) is 16.7. The molecule has 5 rings (SSSR count). The number of nitrogens with one attached hydrogen (secondary N) is 2. The molecule has 0 fully saturated rings. The highest BCUT2D eigenvalue weighted by Crippen LogP contribution is 2.24. The fourth-order valence-electron chi connectivity index (χ4n) is 3.60. The third-order valence-electron chi connectivity index (χ3n) is 5.54. The molecule has 0 atom stereocenters. The number of amides is 1. The SMILES string of the molecule is Cc1ccc(-n2c(COc3ccccc3)nnc2SCC(=O)Nc2ccc(S(=O)(=O)Nc3nccs3)cc2)cc1. The Morgan fingerprint density at radius 1 is 1.00 bits per heavy atom. The first-order valence-electron chi connectivity index (χ1n) is 12.0. The number of carbonyl (C=O) groups excluding carboxylic acids is 1. The molecule has 10 nitrogen and oxygen atoms in total. The van der Waals surface area contributed by atoms with Crippen LogP contribution >= 0.6 is 23.1 Å². The maximum Gasteiger partial charge on any atom is 0.263 e. The van der Waals surface area contributed by atoms with Gasteiger partial charge < -0.3 is 10.1 Å². The lowest BCUT2D eigenvalue weighted by molar-refractivity contribution is -0.113. The van der Waals surface area contributed by atoms with Crippen LogP contribution in [-0.2, 0) is 21.4 Å². The second kappa shape index (κ2) is 12.3. The molecule has 3 aromatic carbocycles. The third kappa shape index (κ3) is 6.86. The number of thiazole rings is 1. The molecular weight excluding hydrogens is 569 g/mol. The molecule has 2 N–H and O–H groups in total. The highest BCUT2D eigenvalue weighted by molar-refractivity contribution is 7.99. The van der Waals surface area contributed by atoms with E-state index in [0.29, 0.717) is 22.4 Å². The van der Waals surface area contributed by atoms with Crippen molar-refractivity contribution in [2.45, 2.75) is 23.6 Å². The summed E-state index contributed by atoms with van der Waals surface area (Å²) in [6, 6.07) is 23.3. The molecule has 0 aliphatic carbocycles. The normalized spacial score (nSPS) is 11.2. The van der Waals surface area contributed by atoms with E-state index in [0.717, 1.165) is 11.3 Å². The summed E-state index contributed by atoms with van der Waals surface area (Å²) in [7, 11) is -3.78. The molecule has 0 aliphatic rings. The predicted molar refractivity (Wildman–Crippen MR) is 156 cm³/mol. The summed E-state index contributed by atoms with van der Waals surface area (Å²) in [6.07, 6.45) is 1.52. The predicted octanol–water partition coefficient (Wildman–Crippen LogP) is 5.14. The van der Waals surface area contributed by atoms with Gasteiger partial charge in [-0.1, -0.05) is 47.7 Å². The molecular formula is C27H24N6O4S3. The Labute approximate surface area is 239 Å². The van der Waals surface area contributed by atoms with Gasteiger partial charge in [-0.05, 0) is 55.5 Å². The van der Waals surface area contributed by atoms with Gasteiger partial charge in [0.15, 0.2) is 16.1 Å². The van der Waals surface area contributed by atoms with Crippen LogP contribution in [0.5, 0.6) is 5.75 Å². The summed E-state index contributed by atoms with van der Waals surface area (Å²) in [6.45, 7) is 2.21. The van der Waals surface area contributed by atoms with E-state index in [1.165, 1.54) is 53.6 Å². The average Bonchev–Trinajstić information content (AvgIpc) is 3.61. The van der Waals surface area contributed by atoms with Crippen molar-refractivity contribution in [3.05, 3.63) is 102 Å². The van der Waals surface area contributed by atoms with Gasteiger partial charge in [-0.25, -0.2) is 13.4 Å². The van der Waals surface area contributed by atoms with Gasteiger partial charge in [0.1, 0.15) is 12.4 Å². The molecule has 0 aliphatic heterocycles. The quantitative estimate of drug-likeness (QED) is 0.202. The van der Waals surface area contributed by atoms with Gasteiger partial charge in [0.2, 0.25) is 5.91 Å².